The van der Waals surface area contributed by atoms with Crippen LogP contribution in [0.1, 0.15) is 37.7 Å². The minimum absolute atomic E-state index is 0.00654. The molecule has 4 nitrogen and oxygen atoms in total. The Bertz CT molecular complexity index is 727. The van der Waals surface area contributed by atoms with Gasteiger partial charge in [-0.1, -0.05) is 37.3 Å². The highest BCUT2D eigenvalue weighted by molar-refractivity contribution is 7.80. The summed E-state index contributed by atoms with van der Waals surface area (Å²) in [5.74, 6) is 3.16. The van der Waals surface area contributed by atoms with Crippen LogP contribution in [0.4, 0.5) is 0 Å². The molecule has 0 spiro atoms. The zero-order valence-electron chi connectivity index (χ0n) is 14.4. The molecule has 5 heteroatoms. The lowest BCUT2D eigenvalue weighted by molar-refractivity contribution is -0.124. The van der Waals surface area contributed by atoms with Crippen molar-refractivity contribution >= 4 is 29.3 Å². The van der Waals surface area contributed by atoms with E-state index in [0.29, 0.717) is 16.6 Å². The Balaban J connectivity index is 1.79. The fourth-order valence-corrected chi connectivity index (χ4v) is 3.71. The molecule has 1 aromatic rings. The molecular formula is C20H22N2O2S. The van der Waals surface area contributed by atoms with E-state index in [1.807, 2.05) is 47.2 Å². The van der Waals surface area contributed by atoms with Crippen molar-refractivity contribution in [3.05, 3.63) is 35.5 Å². The summed E-state index contributed by atoms with van der Waals surface area (Å²) in [7, 11) is 1.86. The molecule has 3 rings (SSSR count). The Morgan fingerprint density at radius 3 is 2.60 bits per heavy atom. The number of carbonyl (C=O) groups excluding carboxylic acids is 1. The minimum Gasteiger partial charge on any atom is -0.481 e. The summed E-state index contributed by atoms with van der Waals surface area (Å²) in [6.45, 7) is 0.242. The molecule has 1 aliphatic heterocycles. The number of carbonyl (C=O) groups is 1. The number of hydrogen-bond donors (Lipinski definition) is 0. The normalized spacial score (nSPS) is 20.2. The first-order chi connectivity index (χ1) is 12.1. The summed E-state index contributed by atoms with van der Waals surface area (Å²) < 4.78 is 5.37. The monoisotopic (exact) mass is 354 g/mol. The molecule has 130 valence electrons. The maximum Gasteiger partial charge on any atom is 0.277 e. The van der Waals surface area contributed by atoms with E-state index in [1.165, 1.54) is 19.3 Å². The van der Waals surface area contributed by atoms with Crippen LogP contribution in [-0.4, -0.2) is 40.5 Å². The van der Waals surface area contributed by atoms with Crippen molar-refractivity contribution in [2.75, 3.05) is 13.7 Å². The van der Waals surface area contributed by atoms with Crippen molar-refractivity contribution in [2.24, 2.45) is 0 Å². The third-order valence-electron chi connectivity index (χ3n) is 4.74. The molecule has 1 aromatic carbocycles. The predicted octanol–water partition coefficient (Wildman–Crippen LogP) is 3.43. The molecule has 0 unspecified atom stereocenters. The summed E-state index contributed by atoms with van der Waals surface area (Å²) in [6, 6.07) is 7.75. The molecule has 1 aliphatic carbocycles. The van der Waals surface area contributed by atoms with Crippen LogP contribution in [0.3, 0.4) is 0 Å². The van der Waals surface area contributed by atoms with Crippen LogP contribution in [0.2, 0.25) is 0 Å². The van der Waals surface area contributed by atoms with Crippen LogP contribution in [0, 0.1) is 12.3 Å². The van der Waals surface area contributed by atoms with Gasteiger partial charge in [0.1, 0.15) is 18.1 Å². The number of nitrogens with zero attached hydrogens (tertiary/aromatic N) is 2. The molecule has 0 radical (unpaired) electrons. The summed E-state index contributed by atoms with van der Waals surface area (Å²) in [5.41, 5.74) is 1.55. The lowest BCUT2D eigenvalue weighted by Crippen LogP contribution is -2.41. The average molecular weight is 354 g/mol. The van der Waals surface area contributed by atoms with Crippen molar-refractivity contribution in [3.63, 3.8) is 0 Å². The zero-order chi connectivity index (χ0) is 17.8. The summed E-state index contributed by atoms with van der Waals surface area (Å²) in [4.78, 5) is 16.5. The van der Waals surface area contributed by atoms with Crippen molar-refractivity contribution in [2.45, 2.75) is 38.1 Å². The highest BCUT2D eigenvalue weighted by atomic mass is 32.1. The third kappa shape index (κ3) is 3.69. The molecule has 1 saturated carbocycles. The van der Waals surface area contributed by atoms with Crippen LogP contribution in [-0.2, 0) is 4.79 Å². The number of rotatable bonds is 4. The van der Waals surface area contributed by atoms with Gasteiger partial charge in [-0.15, -0.1) is 6.42 Å². The van der Waals surface area contributed by atoms with Gasteiger partial charge in [-0.2, -0.15) is 0 Å². The minimum atomic E-state index is 0.00654. The molecular weight excluding hydrogens is 332 g/mol. The van der Waals surface area contributed by atoms with Gasteiger partial charge >= 0.3 is 0 Å². The maximum atomic E-state index is 12.9. The number of hydrogen-bond acceptors (Lipinski definition) is 3. The Morgan fingerprint density at radius 2 is 1.96 bits per heavy atom. The Morgan fingerprint density at radius 1 is 1.28 bits per heavy atom. The Kier molecular flexibility index (Phi) is 5.40. The van der Waals surface area contributed by atoms with Crippen molar-refractivity contribution in [3.8, 4) is 18.1 Å². The molecule has 1 saturated heterocycles. The molecule has 0 N–H and O–H groups in total. The largest absolute Gasteiger partial charge is 0.481 e. The second-order valence-corrected chi connectivity index (χ2v) is 6.77. The molecule has 2 fully saturated rings. The molecule has 0 bridgehead atoms. The standard InChI is InChI=1S/C20H22N2O2S/c1-3-13-24-17-11-9-15(10-12-17)14-18-19(23)22(20(25)21(18)2)16-7-5-4-6-8-16/h1,9-12,14,16H,4-8,13H2,2H3. The van der Waals surface area contributed by atoms with Crippen LogP contribution >= 0.6 is 12.2 Å². The van der Waals surface area contributed by atoms with Gasteiger partial charge in [-0.05, 0) is 48.8 Å². The first-order valence-electron chi connectivity index (χ1n) is 8.61. The van der Waals surface area contributed by atoms with Gasteiger partial charge in [0.15, 0.2) is 5.11 Å². The molecule has 1 amide bonds. The fourth-order valence-electron chi connectivity index (χ4n) is 3.38. The number of benzene rings is 1. The van der Waals surface area contributed by atoms with E-state index in [-0.39, 0.29) is 18.6 Å². The summed E-state index contributed by atoms with van der Waals surface area (Å²) in [6.07, 6.45) is 12.7. The number of terminal acetylenes is 1. The number of thiocarbonyl (C=S) groups is 1. The Labute approximate surface area is 154 Å². The van der Waals surface area contributed by atoms with E-state index in [1.54, 1.807) is 0 Å². The smallest absolute Gasteiger partial charge is 0.277 e. The lowest BCUT2D eigenvalue weighted by Gasteiger charge is -2.30. The second-order valence-electron chi connectivity index (χ2n) is 6.40. The zero-order valence-corrected chi connectivity index (χ0v) is 15.2. The summed E-state index contributed by atoms with van der Waals surface area (Å²) in [5, 5.41) is 0.608. The number of ether oxygens (including phenoxy) is 1. The second kappa shape index (κ2) is 7.71. The van der Waals surface area contributed by atoms with Gasteiger partial charge in [-0.3, -0.25) is 9.69 Å². The molecule has 0 atom stereocenters. The topological polar surface area (TPSA) is 32.8 Å². The molecule has 1 heterocycles. The van der Waals surface area contributed by atoms with Crippen LogP contribution < -0.4 is 4.74 Å². The van der Waals surface area contributed by atoms with E-state index < -0.39 is 0 Å². The fraction of sp³-hybridized carbons (Fsp3) is 0.400. The third-order valence-corrected chi connectivity index (χ3v) is 5.21. The highest BCUT2D eigenvalue weighted by Crippen LogP contribution is 2.30. The average Bonchev–Trinajstić information content (AvgIpc) is 2.85. The lowest BCUT2D eigenvalue weighted by atomic mass is 9.94. The molecule has 2 aliphatic rings. The number of likely N-dealkylation sites (N-methyl/N-ethyl adjacent to an activating group) is 1. The van der Waals surface area contributed by atoms with Gasteiger partial charge in [-0.25, -0.2) is 0 Å². The SMILES string of the molecule is C#CCOc1ccc(C=C2C(=O)N(C3CCCCC3)C(=S)N2C)cc1. The van der Waals surface area contributed by atoms with Gasteiger partial charge in [0, 0.05) is 13.1 Å². The van der Waals surface area contributed by atoms with E-state index in [2.05, 4.69) is 5.92 Å². The predicted molar refractivity (Wildman–Crippen MR) is 103 cm³/mol. The van der Waals surface area contributed by atoms with Crippen LogP contribution in [0.15, 0.2) is 30.0 Å². The van der Waals surface area contributed by atoms with Crippen LogP contribution in [0.25, 0.3) is 6.08 Å². The molecule has 0 aromatic heterocycles. The van der Waals surface area contributed by atoms with Crippen molar-refractivity contribution in [1.29, 1.82) is 0 Å². The van der Waals surface area contributed by atoms with E-state index in [0.717, 1.165) is 18.4 Å². The quantitative estimate of drug-likeness (QED) is 0.471. The van der Waals surface area contributed by atoms with Gasteiger partial charge < -0.3 is 9.64 Å². The number of amides is 1. The van der Waals surface area contributed by atoms with Gasteiger partial charge in [0.05, 0.1) is 0 Å². The first kappa shape index (κ1) is 17.5. The highest BCUT2D eigenvalue weighted by Gasteiger charge is 2.40. The van der Waals surface area contributed by atoms with Gasteiger partial charge in [0.25, 0.3) is 5.91 Å². The Hall–Kier alpha value is -2.32. The van der Waals surface area contributed by atoms with Crippen LogP contribution in [0.5, 0.6) is 5.75 Å². The first-order valence-corrected chi connectivity index (χ1v) is 9.02. The molecule has 25 heavy (non-hydrogen) atoms. The van der Waals surface area contributed by atoms with E-state index >= 15 is 0 Å². The van der Waals surface area contributed by atoms with E-state index in [9.17, 15) is 4.79 Å². The van der Waals surface area contributed by atoms with Gasteiger partial charge in [0.2, 0.25) is 0 Å². The van der Waals surface area contributed by atoms with E-state index in [4.69, 9.17) is 23.4 Å². The van der Waals surface area contributed by atoms with Crippen molar-refractivity contribution < 1.29 is 9.53 Å². The summed E-state index contributed by atoms with van der Waals surface area (Å²) >= 11 is 5.53. The van der Waals surface area contributed by atoms with Crippen molar-refractivity contribution in [1.82, 2.24) is 9.80 Å². The maximum absolute atomic E-state index is 12.9.